The van der Waals surface area contributed by atoms with Crippen molar-refractivity contribution in [2.75, 3.05) is 5.32 Å². The van der Waals surface area contributed by atoms with Crippen LogP contribution in [0.5, 0.6) is 0 Å². The number of anilines is 1. The molecule has 120 valence electrons. The second-order valence-electron chi connectivity index (χ2n) is 5.18. The summed E-state index contributed by atoms with van der Waals surface area (Å²) in [6, 6.07) is 14.0. The molecular weight excluding hydrogens is 345 g/mol. The van der Waals surface area contributed by atoms with E-state index in [1.165, 1.54) is 0 Å². The van der Waals surface area contributed by atoms with Gasteiger partial charge in [-0.2, -0.15) is 0 Å². The van der Waals surface area contributed by atoms with Crippen molar-refractivity contribution in [3.8, 4) is 11.3 Å². The van der Waals surface area contributed by atoms with Crippen LogP contribution in [-0.4, -0.2) is 15.9 Å². The maximum Gasteiger partial charge on any atom is 0.255 e. The lowest BCUT2D eigenvalue weighted by molar-refractivity contribution is 0.102. The highest BCUT2D eigenvalue weighted by Gasteiger charge is 2.09. The number of halogens is 2. The van der Waals surface area contributed by atoms with Gasteiger partial charge in [0.05, 0.1) is 5.69 Å². The number of amides is 1. The molecule has 0 spiro atoms. The zero-order valence-corrected chi connectivity index (χ0v) is 14.3. The number of carbonyl (C=O) groups excluding carboxylic acids is 1. The van der Waals surface area contributed by atoms with E-state index in [1.54, 1.807) is 24.4 Å². The van der Waals surface area contributed by atoms with Crippen LogP contribution in [0, 0.1) is 6.92 Å². The molecule has 2 aromatic carbocycles. The van der Waals surface area contributed by atoms with E-state index in [9.17, 15) is 4.79 Å². The van der Waals surface area contributed by atoms with E-state index in [0.717, 1.165) is 11.3 Å². The van der Waals surface area contributed by atoms with E-state index in [4.69, 9.17) is 23.2 Å². The van der Waals surface area contributed by atoms with Crippen molar-refractivity contribution in [1.29, 1.82) is 0 Å². The molecule has 24 heavy (non-hydrogen) atoms. The standard InChI is InChI=1S/C18H13Cl2N3O/c1-11-21-7-6-17(22-11)12-2-4-16(5-3-12)23-18(24)13-8-14(19)10-15(20)9-13/h2-10H,1H3,(H,23,24). The molecule has 3 rings (SSSR count). The van der Waals surface area contributed by atoms with Gasteiger partial charge in [0.2, 0.25) is 0 Å². The molecule has 0 aliphatic rings. The average molecular weight is 358 g/mol. The fourth-order valence-electron chi connectivity index (χ4n) is 2.23. The topological polar surface area (TPSA) is 54.9 Å². The van der Waals surface area contributed by atoms with Gasteiger partial charge in [-0.05, 0) is 43.3 Å². The third kappa shape index (κ3) is 3.91. The van der Waals surface area contributed by atoms with Crippen LogP contribution >= 0.6 is 23.2 Å². The van der Waals surface area contributed by atoms with Crippen LogP contribution in [0.1, 0.15) is 16.2 Å². The van der Waals surface area contributed by atoms with Gasteiger partial charge in [0, 0.05) is 33.1 Å². The number of hydrogen-bond donors (Lipinski definition) is 1. The molecule has 1 N–H and O–H groups in total. The first-order valence-electron chi connectivity index (χ1n) is 7.19. The predicted molar refractivity (Wildman–Crippen MR) is 96.6 cm³/mol. The Hall–Kier alpha value is -2.43. The van der Waals surface area contributed by atoms with E-state index in [-0.39, 0.29) is 5.91 Å². The Kier molecular flexibility index (Phi) is 4.79. The number of aryl methyl sites for hydroxylation is 1. The van der Waals surface area contributed by atoms with Crippen LogP contribution < -0.4 is 5.32 Å². The normalized spacial score (nSPS) is 10.5. The molecule has 0 radical (unpaired) electrons. The molecule has 6 heteroatoms. The number of benzene rings is 2. The SMILES string of the molecule is Cc1nccc(-c2ccc(NC(=O)c3cc(Cl)cc(Cl)c3)cc2)n1. The fourth-order valence-corrected chi connectivity index (χ4v) is 2.76. The molecule has 0 aliphatic heterocycles. The monoisotopic (exact) mass is 357 g/mol. The smallest absolute Gasteiger partial charge is 0.255 e. The van der Waals surface area contributed by atoms with Crippen molar-refractivity contribution in [3.63, 3.8) is 0 Å². The van der Waals surface area contributed by atoms with Gasteiger partial charge in [-0.3, -0.25) is 4.79 Å². The summed E-state index contributed by atoms with van der Waals surface area (Å²) in [7, 11) is 0. The first-order valence-corrected chi connectivity index (χ1v) is 7.94. The maximum absolute atomic E-state index is 12.3. The molecule has 0 saturated carbocycles. The van der Waals surface area contributed by atoms with Crippen molar-refractivity contribution in [1.82, 2.24) is 9.97 Å². The van der Waals surface area contributed by atoms with Crippen molar-refractivity contribution in [2.24, 2.45) is 0 Å². The van der Waals surface area contributed by atoms with E-state index in [2.05, 4.69) is 15.3 Å². The molecule has 0 atom stereocenters. The van der Waals surface area contributed by atoms with Gasteiger partial charge >= 0.3 is 0 Å². The highest BCUT2D eigenvalue weighted by atomic mass is 35.5. The Bertz CT molecular complexity index is 875. The molecule has 1 amide bonds. The van der Waals surface area contributed by atoms with Crippen LogP contribution in [0.15, 0.2) is 54.7 Å². The van der Waals surface area contributed by atoms with Gasteiger partial charge in [0.1, 0.15) is 5.82 Å². The highest BCUT2D eigenvalue weighted by Crippen LogP contribution is 2.22. The molecule has 0 saturated heterocycles. The lowest BCUT2D eigenvalue weighted by Crippen LogP contribution is -2.11. The third-order valence-electron chi connectivity index (χ3n) is 3.34. The van der Waals surface area contributed by atoms with Crippen molar-refractivity contribution in [2.45, 2.75) is 6.92 Å². The summed E-state index contributed by atoms with van der Waals surface area (Å²) >= 11 is 11.8. The summed E-state index contributed by atoms with van der Waals surface area (Å²) in [5.74, 6) is 0.438. The number of carbonyl (C=O) groups is 1. The first-order chi connectivity index (χ1) is 11.5. The van der Waals surface area contributed by atoms with E-state index >= 15 is 0 Å². The van der Waals surface area contributed by atoms with Crippen LogP contribution in [0.25, 0.3) is 11.3 Å². The van der Waals surface area contributed by atoms with Crippen LogP contribution in [0.2, 0.25) is 10.0 Å². The summed E-state index contributed by atoms with van der Waals surface area (Å²) in [5.41, 5.74) is 2.86. The summed E-state index contributed by atoms with van der Waals surface area (Å²) < 4.78 is 0. The number of hydrogen-bond acceptors (Lipinski definition) is 3. The minimum Gasteiger partial charge on any atom is -0.322 e. The van der Waals surface area contributed by atoms with Crippen molar-refractivity contribution < 1.29 is 4.79 Å². The van der Waals surface area contributed by atoms with Gasteiger partial charge in [0.15, 0.2) is 0 Å². The first kappa shape index (κ1) is 16.4. The lowest BCUT2D eigenvalue weighted by atomic mass is 10.1. The Morgan fingerprint density at radius 2 is 1.67 bits per heavy atom. The Balaban J connectivity index is 1.77. The van der Waals surface area contributed by atoms with Crippen molar-refractivity contribution in [3.05, 3.63) is 76.2 Å². The minimum absolute atomic E-state index is 0.273. The third-order valence-corrected chi connectivity index (χ3v) is 3.78. The number of aromatic nitrogens is 2. The molecule has 0 fully saturated rings. The molecular formula is C18H13Cl2N3O. The van der Waals surface area contributed by atoms with Gasteiger partial charge < -0.3 is 5.32 Å². The van der Waals surface area contributed by atoms with Crippen LogP contribution in [0.4, 0.5) is 5.69 Å². The zero-order chi connectivity index (χ0) is 17.1. The number of nitrogens with zero attached hydrogens (tertiary/aromatic N) is 2. The number of nitrogens with one attached hydrogen (secondary N) is 1. The van der Waals surface area contributed by atoms with E-state index in [1.807, 2.05) is 37.3 Å². The van der Waals surface area contributed by atoms with Gasteiger partial charge in [-0.1, -0.05) is 35.3 Å². The predicted octanol–water partition coefficient (Wildman–Crippen LogP) is 5.01. The molecule has 1 heterocycles. The van der Waals surface area contributed by atoms with Gasteiger partial charge in [0.25, 0.3) is 5.91 Å². The van der Waals surface area contributed by atoms with Crippen LogP contribution in [-0.2, 0) is 0 Å². The maximum atomic E-state index is 12.3. The molecule has 4 nitrogen and oxygen atoms in total. The summed E-state index contributed by atoms with van der Waals surface area (Å²) in [6.45, 7) is 1.84. The highest BCUT2D eigenvalue weighted by molar-refractivity contribution is 6.35. The quantitative estimate of drug-likeness (QED) is 0.716. The zero-order valence-electron chi connectivity index (χ0n) is 12.8. The average Bonchev–Trinajstić information content (AvgIpc) is 2.54. The van der Waals surface area contributed by atoms with Crippen molar-refractivity contribution >= 4 is 34.8 Å². The lowest BCUT2D eigenvalue weighted by Gasteiger charge is -2.07. The molecule has 0 unspecified atom stereocenters. The summed E-state index contributed by atoms with van der Waals surface area (Å²) in [6.07, 6.45) is 1.72. The Morgan fingerprint density at radius 3 is 2.29 bits per heavy atom. The van der Waals surface area contributed by atoms with E-state index in [0.29, 0.717) is 27.1 Å². The largest absolute Gasteiger partial charge is 0.322 e. The molecule has 3 aromatic rings. The second-order valence-corrected chi connectivity index (χ2v) is 6.05. The Morgan fingerprint density at radius 1 is 1.00 bits per heavy atom. The van der Waals surface area contributed by atoms with E-state index < -0.39 is 0 Å². The molecule has 0 aliphatic carbocycles. The van der Waals surface area contributed by atoms with Gasteiger partial charge in [-0.15, -0.1) is 0 Å². The Labute approximate surface area is 149 Å². The van der Waals surface area contributed by atoms with Crippen LogP contribution in [0.3, 0.4) is 0 Å². The number of rotatable bonds is 3. The fraction of sp³-hybridized carbons (Fsp3) is 0.0556. The molecule has 1 aromatic heterocycles. The summed E-state index contributed by atoms with van der Waals surface area (Å²) in [4.78, 5) is 20.7. The summed E-state index contributed by atoms with van der Waals surface area (Å²) in [5, 5.41) is 3.65. The second kappa shape index (κ2) is 6.99. The van der Waals surface area contributed by atoms with Gasteiger partial charge in [-0.25, -0.2) is 9.97 Å². The minimum atomic E-state index is -0.273. The molecule has 0 bridgehead atoms.